The van der Waals surface area contributed by atoms with E-state index in [1.807, 2.05) is 26.0 Å². The third kappa shape index (κ3) is 6.40. The Kier molecular flexibility index (Phi) is 7.34. The number of halogens is 1. The minimum absolute atomic E-state index is 0.0166. The van der Waals surface area contributed by atoms with Gasteiger partial charge in [0.2, 0.25) is 11.8 Å². The number of carbonyl (C=O) groups is 2. The van der Waals surface area contributed by atoms with E-state index >= 15 is 0 Å². The van der Waals surface area contributed by atoms with E-state index in [4.69, 9.17) is 4.74 Å². The zero-order valence-electron chi connectivity index (χ0n) is 15.9. The Morgan fingerprint density at radius 1 is 1.11 bits per heavy atom. The Hall–Kier alpha value is -2.89. The second kappa shape index (κ2) is 9.71. The number of nitrogens with one attached hydrogen (secondary N) is 1. The molecular weight excluding hydrogens is 347 g/mol. The van der Waals surface area contributed by atoms with Gasteiger partial charge in [-0.05, 0) is 32.0 Å². The van der Waals surface area contributed by atoms with Crippen molar-refractivity contribution >= 4 is 17.5 Å². The maximum absolute atomic E-state index is 13.8. The van der Waals surface area contributed by atoms with Crippen LogP contribution in [0.3, 0.4) is 0 Å². The summed E-state index contributed by atoms with van der Waals surface area (Å²) in [6, 6.07) is 13.5. The molecule has 2 amide bonds. The molecule has 6 heteroatoms. The van der Waals surface area contributed by atoms with Crippen molar-refractivity contribution in [2.24, 2.45) is 0 Å². The lowest BCUT2D eigenvalue weighted by atomic mass is 10.2. The van der Waals surface area contributed by atoms with E-state index in [2.05, 4.69) is 5.32 Å². The highest BCUT2D eigenvalue weighted by atomic mass is 19.1. The molecule has 0 aliphatic heterocycles. The Morgan fingerprint density at radius 2 is 1.78 bits per heavy atom. The zero-order valence-corrected chi connectivity index (χ0v) is 15.9. The molecule has 0 heterocycles. The molecule has 0 atom stereocenters. The van der Waals surface area contributed by atoms with Crippen LogP contribution in [0.1, 0.15) is 32.8 Å². The van der Waals surface area contributed by atoms with E-state index in [0.717, 1.165) is 0 Å². The average Bonchev–Trinajstić information content (AvgIpc) is 2.61. The molecular formula is C21H25FN2O3. The minimum Gasteiger partial charge on any atom is -0.489 e. The lowest BCUT2D eigenvalue weighted by Crippen LogP contribution is -2.32. The smallest absolute Gasteiger partial charge is 0.226 e. The van der Waals surface area contributed by atoms with Crippen LogP contribution in [0, 0.1) is 5.82 Å². The fourth-order valence-electron chi connectivity index (χ4n) is 2.56. The summed E-state index contributed by atoms with van der Waals surface area (Å²) in [6.45, 7) is 5.55. The summed E-state index contributed by atoms with van der Waals surface area (Å²) >= 11 is 0. The summed E-state index contributed by atoms with van der Waals surface area (Å²) in [5.74, 6) is -0.229. The second-order valence-corrected chi connectivity index (χ2v) is 6.49. The minimum atomic E-state index is -0.368. The molecule has 0 aliphatic carbocycles. The maximum Gasteiger partial charge on any atom is 0.226 e. The molecule has 144 valence electrons. The van der Waals surface area contributed by atoms with Gasteiger partial charge in [-0.1, -0.05) is 30.3 Å². The van der Waals surface area contributed by atoms with E-state index < -0.39 is 0 Å². The third-order valence-corrected chi connectivity index (χ3v) is 3.90. The van der Waals surface area contributed by atoms with Crippen molar-refractivity contribution in [2.45, 2.75) is 39.8 Å². The molecule has 0 saturated heterocycles. The number of amides is 2. The number of para-hydroxylation sites is 2. The van der Waals surface area contributed by atoms with Crippen LogP contribution < -0.4 is 10.1 Å². The molecule has 0 spiro atoms. The van der Waals surface area contributed by atoms with E-state index in [1.54, 1.807) is 30.3 Å². The van der Waals surface area contributed by atoms with Crippen LogP contribution in [-0.4, -0.2) is 29.4 Å². The quantitative estimate of drug-likeness (QED) is 0.762. The monoisotopic (exact) mass is 372 g/mol. The number of carbonyl (C=O) groups excluding carboxylic acids is 2. The molecule has 2 aromatic carbocycles. The van der Waals surface area contributed by atoms with Crippen molar-refractivity contribution in [3.63, 3.8) is 0 Å². The van der Waals surface area contributed by atoms with Crippen molar-refractivity contribution in [3.05, 3.63) is 59.9 Å². The molecule has 0 unspecified atom stereocenters. The van der Waals surface area contributed by atoms with Crippen LogP contribution in [0.25, 0.3) is 0 Å². The normalized spacial score (nSPS) is 10.6. The lowest BCUT2D eigenvalue weighted by molar-refractivity contribution is -0.130. The van der Waals surface area contributed by atoms with Gasteiger partial charge in [-0.15, -0.1) is 0 Å². The largest absolute Gasteiger partial charge is 0.489 e. The second-order valence-electron chi connectivity index (χ2n) is 6.49. The van der Waals surface area contributed by atoms with Gasteiger partial charge in [0, 0.05) is 32.0 Å². The summed E-state index contributed by atoms with van der Waals surface area (Å²) in [5.41, 5.74) is 1.00. The molecule has 0 saturated carbocycles. The SMILES string of the molecule is CC(=O)N(CCC(=O)Nc1ccccc1OC(C)C)Cc1ccccc1F. The van der Waals surface area contributed by atoms with Gasteiger partial charge in [-0.2, -0.15) is 0 Å². The molecule has 5 nitrogen and oxygen atoms in total. The van der Waals surface area contributed by atoms with Crippen molar-refractivity contribution in [3.8, 4) is 5.75 Å². The van der Waals surface area contributed by atoms with Crippen LogP contribution in [0.4, 0.5) is 10.1 Å². The first-order valence-electron chi connectivity index (χ1n) is 8.91. The van der Waals surface area contributed by atoms with Crippen LogP contribution in [0.15, 0.2) is 48.5 Å². The number of hydrogen-bond donors (Lipinski definition) is 1. The number of ether oxygens (including phenoxy) is 1. The Balaban J connectivity index is 1.97. The first-order valence-corrected chi connectivity index (χ1v) is 8.91. The standard InChI is InChI=1S/C21H25FN2O3/c1-15(2)27-20-11-7-6-10-19(20)23-21(26)12-13-24(16(3)25)14-17-8-4-5-9-18(17)22/h4-11,15H,12-14H2,1-3H3,(H,23,26). The molecule has 0 fully saturated rings. The third-order valence-electron chi connectivity index (χ3n) is 3.90. The van der Waals surface area contributed by atoms with Crippen LogP contribution in [0.5, 0.6) is 5.75 Å². The molecule has 27 heavy (non-hydrogen) atoms. The summed E-state index contributed by atoms with van der Waals surface area (Å²) < 4.78 is 19.5. The lowest BCUT2D eigenvalue weighted by Gasteiger charge is -2.21. The molecule has 2 rings (SSSR count). The number of hydrogen-bond acceptors (Lipinski definition) is 3. The Labute approximate surface area is 159 Å². The van der Waals surface area contributed by atoms with Crippen molar-refractivity contribution in [1.82, 2.24) is 4.90 Å². The van der Waals surface area contributed by atoms with Gasteiger partial charge in [0.1, 0.15) is 11.6 Å². The molecule has 1 N–H and O–H groups in total. The number of anilines is 1. The molecule has 0 bridgehead atoms. The van der Waals surface area contributed by atoms with E-state index in [0.29, 0.717) is 17.0 Å². The molecule has 0 aliphatic rings. The van der Waals surface area contributed by atoms with Gasteiger partial charge in [0.05, 0.1) is 11.8 Å². The predicted octanol–water partition coefficient (Wildman–Crippen LogP) is 3.99. The molecule has 2 aromatic rings. The molecule has 0 aromatic heterocycles. The van der Waals surface area contributed by atoms with Crippen LogP contribution in [0.2, 0.25) is 0 Å². The van der Waals surface area contributed by atoms with E-state index in [1.165, 1.54) is 17.9 Å². The topological polar surface area (TPSA) is 58.6 Å². The first kappa shape index (κ1) is 20.4. The molecule has 0 radical (unpaired) electrons. The summed E-state index contributed by atoms with van der Waals surface area (Å²) in [4.78, 5) is 25.6. The Bertz CT molecular complexity index is 793. The fourth-order valence-corrected chi connectivity index (χ4v) is 2.56. The van der Waals surface area contributed by atoms with Gasteiger partial charge in [0.15, 0.2) is 0 Å². The van der Waals surface area contributed by atoms with E-state index in [9.17, 15) is 14.0 Å². The zero-order chi connectivity index (χ0) is 19.8. The van der Waals surface area contributed by atoms with Gasteiger partial charge in [0.25, 0.3) is 0 Å². The summed E-state index contributed by atoms with van der Waals surface area (Å²) in [7, 11) is 0. The van der Waals surface area contributed by atoms with Crippen LogP contribution >= 0.6 is 0 Å². The summed E-state index contributed by atoms with van der Waals surface area (Å²) in [6.07, 6.45) is 0.0846. The van der Waals surface area contributed by atoms with Crippen molar-refractivity contribution < 1.29 is 18.7 Å². The number of nitrogens with zero attached hydrogens (tertiary/aromatic N) is 1. The highest BCUT2D eigenvalue weighted by Gasteiger charge is 2.15. The Morgan fingerprint density at radius 3 is 2.44 bits per heavy atom. The number of benzene rings is 2. The van der Waals surface area contributed by atoms with Gasteiger partial charge >= 0.3 is 0 Å². The van der Waals surface area contributed by atoms with Crippen molar-refractivity contribution in [1.29, 1.82) is 0 Å². The number of rotatable bonds is 8. The van der Waals surface area contributed by atoms with Gasteiger partial charge in [-0.3, -0.25) is 9.59 Å². The van der Waals surface area contributed by atoms with Crippen molar-refractivity contribution in [2.75, 3.05) is 11.9 Å². The predicted molar refractivity (Wildman–Crippen MR) is 103 cm³/mol. The fraction of sp³-hybridized carbons (Fsp3) is 0.333. The first-order chi connectivity index (χ1) is 12.9. The maximum atomic E-state index is 13.8. The van der Waals surface area contributed by atoms with Gasteiger partial charge < -0.3 is 15.0 Å². The highest BCUT2D eigenvalue weighted by Crippen LogP contribution is 2.25. The summed E-state index contributed by atoms with van der Waals surface area (Å²) in [5, 5.41) is 2.81. The average molecular weight is 372 g/mol. The van der Waals surface area contributed by atoms with Gasteiger partial charge in [-0.25, -0.2) is 4.39 Å². The van der Waals surface area contributed by atoms with Crippen LogP contribution in [-0.2, 0) is 16.1 Å². The highest BCUT2D eigenvalue weighted by molar-refractivity contribution is 5.92. The van der Waals surface area contributed by atoms with E-state index in [-0.39, 0.29) is 43.2 Å².